The van der Waals surface area contributed by atoms with Crippen LogP contribution in [0.15, 0.2) is 47.6 Å². The van der Waals surface area contributed by atoms with Gasteiger partial charge >= 0.3 is 0 Å². The number of carbonyl (C=O) groups excluding carboxylic acids is 2. The molecule has 0 radical (unpaired) electrons. The van der Waals surface area contributed by atoms with Crippen molar-refractivity contribution in [1.82, 2.24) is 15.2 Å². The molecule has 2 aliphatic rings. The van der Waals surface area contributed by atoms with E-state index in [0.29, 0.717) is 25.1 Å². The molecule has 3 heterocycles. The fourth-order valence-electron chi connectivity index (χ4n) is 3.34. The molecule has 2 aliphatic heterocycles. The first kappa shape index (κ1) is 17.1. The van der Waals surface area contributed by atoms with Crippen LogP contribution in [0, 0.1) is 0 Å². The van der Waals surface area contributed by atoms with Gasteiger partial charge in [-0.25, -0.2) is 0 Å². The molecule has 1 aromatic carbocycles. The number of amides is 2. The molecule has 1 atom stereocenters. The molecule has 2 aromatic rings. The quantitative estimate of drug-likeness (QED) is 0.851. The number of carbonyl (C=O) groups is 2. The summed E-state index contributed by atoms with van der Waals surface area (Å²) in [4.78, 5) is 32.1. The number of piperazine rings is 1. The van der Waals surface area contributed by atoms with Gasteiger partial charge in [-0.15, -0.1) is 11.8 Å². The molecule has 6 nitrogen and oxygen atoms in total. The number of fused-ring (bicyclic) bond motifs is 1. The van der Waals surface area contributed by atoms with Gasteiger partial charge in [0.25, 0.3) is 5.91 Å². The molecule has 7 heteroatoms. The number of benzene rings is 1. The summed E-state index contributed by atoms with van der Waals surface area (Å²) >= 11 is 1.64. The molecule has 1 fully saturated rings. The predicted molar refractivity (Wildman–Crippen MR) is 101 cm³/mol. The third kappa shape index (κ3) is 3.45. The van der Waals surface area contributed by atoms with Gasteiger partial charge in [0.15, 0.2) is 0 Å². The zero-order chi connectivity index (χ0) is 17.9. The third-order valence-electron chi connectivity index (χ3n) is 4.66. The average molecular weight is 368 g/mol. The van der Waals surface area contributed by atoms with Crippen LogP contribution in [-0.4, -0.2) is 47.1 Å². The first-order valence-electron chi connectivity index (χ1n) is 8.71. The standard InChI is InChI=1S/C19H20N4O2S/c24-18-5-9-26-17-4-3-13(10-15(17)22-18)19(25)23-8-7-21-12-16(23)14-2-1-6-20-11-14/h1-4,6,10-11,16,21H,5,7-9,12H2,(H,22,24). The predicted octanol–water partition coefficient (Wildman–Crippen LogP) is 2.30. The normalized spacial score (nSPS) is 20.1. The van der Waals surface area contributed by atoms with Crippen LogP contribution < -0.4 is 10.6 Å². The summed E-state index contributed by atoms with van der Waals surface area (Å²) < 4.78 is 0. The van der Waals surface area contributed by atoms with E-state index in [4.69, 9.17) is 0 Å². The maximum atomic E-state index is 13.2. The van der Waals surface area contributed by atoms with Gasteiger partial charge in [0.05, 0.1) is 11.7 Å². The summed E-state index contributed by atoms with van der Waals surface area (Å²) in [6, 6.07) is 9.43. The monoisotopic (exact) mass is 368 g/mol. The highest BCUT2D eigenvalue weighted by Gasteiger charge is 2.29. The van der Waals surface area contributed by atoms with Crippen LogP contribution in [0.25, 0.3) is 0 Å². The third-order valence-corrected chi connectivity index (χ3v) is 5.74. The lowest BCUT2D eigenvalue weighted by Gasteiger charge is -2.36. The van der Waals surface area contributed by atoms with E-state index in [-0.39, 0.29) is 17.9 Å². The Hall–Kier alpha value is -2.38. The Morgan fingerprint density at radius 2 is 2.23 bits per heavy atom. The van der Waals surface area contributed by atoms with Crippen LogP contribution in [0.3, 0.4) is 0 Å². The lowest BCUT2D eigenvalue weighted by Crippen LogP contribution is -2.48. The van der Waals surface area contributed by atoms with Gasteiger partial charge in [-0.05, 0) is 29.8 Å². The highest BCUT2D eigenvalue weighted by Crippen LogP contribution is 2.32. The van der Waals surface area contributed by atoms with Crippen LogP contribution in [0.1, 0.15) is 28.4 Å². The molecule has 26 heavy (non-hydrogen) atoms. The number of nitrogens with zero attached hydrogens (tertiary/aromatic N) is 2. The molecule has 0 bridgehead atoms. The molecule has 134 valence electrons. The molecule has 0 saturated carbocycles. The first-order chi connectivity index (χ1) is 12.7. The van der Waals surface area contributed by atoms with Gasteiger partial charge in [-0.2, -0.15) is 0 Å². The maximum absolute atomic E-state index is 13.2. The van der Waals surface area contributed by atoms with E-state index in [1.807, 2.05) is 35.4 Å². The lowest BCUT2D eigenvalue weighted by atomic mass is 10.0. The molecule has 2 amide bonds. The fourth-order valence-corrected chi connectivity index (χ4v) is 4.27. The number of aromatic nitrogens is 1. The molecule has 1 aromatic heterocycles. The zero-order valence-electron chi connectivity index (χ0n) is 14.3. The van der Waals surface area contributed by atoms with Crippen molar-refractivity contribution in [2.45, 2.75) is 17.4 Å². The molecule has 1 unspecified atom stereocenters. The highest BCUT2D eigenvalue weighted by molar-refractivity contribution is 7.99. The second-order valence-corrected chi connectivity index (χ2v) is 7.50. The van der Waals surface area contributed by atoms with Gasteiger partial charge in [-0.1, -0.05) is 6.07 Å². The van der Waals surface area contributed by atoms with E-state index >= 15 is 0 Å². The Morgan fingerprint density at radius 3 is 3.08 bits per heavy atom. The second kappa shape index (κ2) is 7.47. The van der Waals surface area contributed by atoms with Crippen LogP contribution >= 0.6 is 11.8 Å². The van der Waals surface area contributed by atoms with E-state index in [9.17, 15) is 9.59 Å². The number of hydrogen-bond acceptors (Lipinski definition) is 5. The summed E-state index contributed by atoms with van der Waals surface area (Å²) in [5.74, 6) is 0.732. The van der Waals surface area contributed by atoms with Crippen LogP contribution in [0.4, 0.5) is 5.69 Å². The number of hydrogen-bond donors (Lipinski definition) is 2. The smallest absolute Gasteiger partial charge is 0.254 e. The van der Waals surface area contributed by atoms with Gasteiger partial charge in [0.2, 0.25) is 5.91 Å². The van der Waals surface area contributed by atoms with Gasteiger partial charge < -0.3 is 15.5 Å². The van der Waals surface area contributed by atoms with Crippen molar-refractivity contribution < 1.29 is 9.59 Å². The SMILES string of the molecule is O=C1CCSc2ccc(C(=O)N3CCNCC3c3cccnc3)cc2N1. The molecule has 0 aliphatic carbocycles. The Balaban J connectivity index is 1.63. The van der Waals surface area contributed by atoms with Crippen molar-refractivity contribution in [2.75, 3.05) is 30.7 Å². The number of anilines is 1. The van der Waals surface area contributed by atoms with E-state index in [1.165, 1.54) is 0 Å². The number of nitrogens with one attached hydrogen (secondary N) is 2. The first-order valence-corrected chi connectivity index (χ1v) is 9.69. The summed E-state index contributed by atoms with van der Waals surface area (Å²) in [7, 11) is 0. The summed E-state index contributed by atoms with van der Waals surface area (Å²) in [6.07, 6.45) is 4.04. The van der Waals surface area contributed by atoms with E-state index in [1.54, 1.807) is 24.0 Å². The van der Waals surface area contributed by atoms with E-state index < -0.39 is 0 Å². The van der Waals surface area contributed by atoms with Crippen molar-refractivity contribution in [2.24, 2.45) is 0 Å². The van der Waals surface area contributed by atoms with Crippen LogP contribution in [-0.2, 0) is 4.79 Å². The van der Waals surface area contributed by atoms with Crippen molar-refractivity contribution in [1.29, 1.82) is 0 Å². The minimum atomic E-state index is -0.0484. The molecule has 0 spiro atoms. The molecular formula is C19H20N4O2S. The summed E-state index contributed by atoms with van der Waals surface area (Å²) in [5, 5.41) is 6.26. The summed E-state index contributed by atoms with van der Waals surface area (Å²) in [6.45, 7) is 2.10. The second-order valence-electron chi connectivity index (χ2n) is 6.36. The molecule has 4 rings (SSSR count). The average Bonchev–Trinajstić information content (AvgIpc) is 2.88. The van der Waals surface area contributed by atoms with E-state index in [2.05, 4.69) is 15.6 Å². The Morgan fingerprint density at radius 1 is 1.31 bits per heavy atom. The van der Waals surface area contributed by atoms with Crippen molar-refractivity contribution in [3.8, 4) is 0 Å². The van der Waals surface area contributed by atoms with Crippen molar-refractivity contribution >= 4 is 29.3 Å². The topological polar surface area (TPSA) is 74.3 Å². The maximum Gasteiger partial charge on any atom is 0.254 e. The Bertz CT molecular complexity index is 828. The minimum absolute atomic E-state index is 0.00346. The van der Waals surface area contributed by atoms with Gasteiger partial charge in [0.1, 0.15) is 0 Å². The van der Waals surface area contributed by atoms with Crippen LogP contribution in [0.5, 0.6) is 0 Å². The lowest BCUT2D eigenvalue weighted by molar-refractivity contribution is -0.115. The van der Waals surface area contributed by atoms with Gasteiger partial charge in [0, 0.05) is 54.7 Å². The fraction of sp³-hybridized carbons (Fsp3) is 0.316. The number of thioether (sulfide) groups is 1. The van der Waals surface area contributed by atoms with Crippen molar-refractivity contribution in [3.63, 3.8) is 0 Å². The van der Waals surface area contributed by atoms with E-state index in [0.717, 1.165) is 28.4 Å². The van der Waals surface area contributed by atoms with Crippen LogP contribution in [0.2, 0.25) is 0 Å². The largest absolute Gasteiger partial charge is 0.329 e. The zero-order valence-corrected chi connectivity index (χ0v) is 15.1. The minimum Gasteiger partial charge on any atom is -0.329 e. The molecule has 2 N–H and O–H groups in total. The highest BCUT2D eigenvalue weighted by atomic mass is 32.2. The molecule has 1 saturated heterocycles. The van der Waals surface area contributed by atoms with Gasteiger partial charge in [-0.3, -0.25) is 14.6 Å². The summed E-state index contributed by atoms with van der Waals surface area (Å²) in [5.41, 5.74) is 2.35. The number of rotatable bonds is 2. The number of pyridine rings is 1. The molecular weight excluding hydrogens is 348 g/mol. The Kier molecular flexibility index (Phi) is 4.90. The Labute approximate surface area is 156 Å². The van der Waals surface area contributed by atoms with Crippen molar-refractivity contribution in [3.05, 3.63) is 53.9 Å².